The van der Waals surface area contributed by atoms with E-state index in [2.05, 4.69) is 4.90 Å². The van der Waals surface area contributed by atoms with Crippen molar-refractivity contribution in [2.24, 2.45) is 5.73 Å². The Morgan fingerprint density at radius 3 is 2.95 bits per heavy atom. The second-order valence-electron chi connectivity index (χ2n) is 4.92. The molecule has 0 radical (unpaired) electrons. The molecule has 1 aliphatic rings. The van der Waals surface area contributed by atoms with Gasteiger partial charge in [0.2, 0.25) is 0 Å². The Bertz CT molecular complexity index is 428. The molecule has 0 spiro atoms. The number of halogens is 2. The highest BCUT2D eigenvalue weighted by molar-refractivity contribution is 6.42. The summed E-state index contributed by atoms with van der Waals surface area (Å²) in [6, 6.07) is 5.96. The summed E-state index contributed by atoms with van der Waals surface area (Å²) in [5.41, 5.74) is 7.33. The SMILES string of the molecule is COCCN1CCCC(N)C1c1cccc(Cl)c1Cl. The van der Waals surface area contributed by atoms with E-state index in [1.807, 2.05) is 12.1 Å². The number of nitrogens with two attached hydrogens (primary N) is 1. The van der Waals surface area contributed by atoms with Crippen LogP contribution >= 0.6 is 23.2 Å². The highest BCUT2D eigenvalue weighted by Crippen LogP contribution is 2.37. The predicted molar refractivity (Wildman–Crippen MR) is 79.9 cm³/mol. The van der Waals surface area contributed by atoms with Gasteiger partial charge in [0.25, 0.3) is 0 Å². The van der Waals surface area contributed by atoms with Crippen molar-refractivity contribution in [1.29, 1.82) is 0 Å². The molecule has 5 heteroatoms. The summed E-state index contributed by atoms with van der Waals surface area (Å²) in [4.78, 5) is 2.34. The van der Waals surface area contributed by atoms with E-state index in [1.54, 1.807) is 13.2 Å². The van der Waals surface area contributed by atoms with Crippen molar-refractivity contribution in [3.05, 3.63) is 33.8 Å². The summed E-state index contributed by atoms with van der Waals surface area (Å²) in [6.07, 6.45) is 2.12. The summed E-state index contributed by atoms with van der Waals surface area (Å²) in [6.45, 7) is 2.57. The standard InChI is InChI=1S/C14H20Cl2N2O/c1-19-9-8-18-7-3-6-12(17)14(18)10-4-2-5-11(15)13(10)16/h2,4-5,12,14H,3,6-9,17H2,1H3. The van der Waals surface area contributed by atoms with Gasteiger partial charge in [-0.25, -0.2) is 0 Å². The Hall–Kier alpha value is -0.320. The zero-order valence-corrected chi connectivity index (χ0v) is 12.6. The number of benzene rings is 1. The van der Waals surface area contributed by atoms with Crippen LogP contribution in [0.1, 0.15) is 24.4 Å². The van der Waals surface area contributed by atoms with Crippen molar-refractivity contribution >= 4 is 23.2 Å². The predicted octanol–water partition coefficient (Wildman–Crippen LogP) is 3.10. The maximum absolute atomic E-state index is 6.35. The monoisotopic (exact) mass is 302 g/mol. The van der Waals surface area contributed by atoms with Gasteiger partial charge < -0.3 is 10.5 Å². The van der Waals surface area contributed by atoms with E-state index in [-0.39, 0.29) is 12.1 Å². The molecular weight excluding hydrogens is 283 g/mol. The molecule has 0 amide bonds. The molecule has 3 nitrogen and oxygen atoms in total. The third-order valence-electron chi connectivity index (χ3n) is 3.66. The minimum Gasteiger partial charge on any atom is -0.383 e. The first-order valence-electron chi connectivity index (χ1n) is 6.57. The number of nitrogens with zero attached hydrogens (tertiary/aromatic N) is 1. The maximum Gasteiger partial charge on any atom is 0.0640 e. The van der Waals surface area contributed by atoms with E-state index >= 15 is 0 Å². The summed E-state index contributed by atoms with van der Waals surface area (Å²) < 4.78 is 5.18. The van der Waals surface area contributed by atoms with Gasteiger partial charge in [0.05, 0.1) is 22.7 Å². The van der Waals surface area contributed by atoms with Crippen LogP contribution < -0.4 is 5.73 Å². The number of piperidine rings is 1. The molecule has 1 saturated heterocycles. The summed E-state index contributed by atoms with van der Waals surface area (Å²) >= 11 is 12.5. The van der Waals surface area contributed by atoms with Crippen molar-refractivity contribution in [2.75, 3.05) is 26.8 Å². The smallest absolute Gasteiger partial charge is 0.0640 e. The fourth-order valence-corrected chi connectivity index (χ4v) is 3.15. The van der Waals surface area contributed by atoms with Crippen LogP contribution in [0.5, 0.6) is 0 Å². The molecule has 1 aromatic carbocycles. The number of rotatable bonds is 4. The molecule has 2 N–H and O–H groups in total. The van der Waals surface area contributed by atoms with Crippen LogP contribution in [0.2, 0.25) is 10.0 Å². The summed E-state index contributed by atoms with van der Waals surface area (Å²) in [5.74, 6) is 0. The Morgan fingerprint density at radius 1 is 1.42 bits per heavy atom. The van der Waals surface area contributed by atoms with Gasteiger partial charge in [0.15, 0.2) is 0 Å². The lowest BCUT2D eigenvalue weighted by Gasteiger charge is -2.40. The molecule has 1 fully saturated rings. The molecule has 1 heterocycles. The highest BCUT2D eigenvalue weighted by Gasteiger charge is 2.31. The highest BCUT2D eigenvalue weighted by atomic mass is 35.5. The van der Waals surface area contributed by atoms with Crippen molar-refractivity contribution in [3.63, 3.8) is 0 Å². The lowest BCUT2D eigenvalue weighted by molar-refractivity contribution is 0.0848. The third kappa shape index (κ3) is 3.41. The van der Waals surface area contributed by atoms with Crippen molar-refractivity contribution < 1.29 is 4.74 Å². The lowest BCUT2D eigenvalue weighted by atomic mass is 9.91. The number of hydrogen-bond acceptors (Lipinski definition) is 3. The maximum atomic E-state index is 6.35. The number of methoxy groups -OCH3 is 1. The van der Waals surface area contributed by atoms with E-state index < -0.39 is 0 Å². The van der Waals surface area contributed by atoms with Gasteiger partial charge in [0, 0.05) is 19.7 Å². The van der Waals surface area contributed by atoms with Crippen LogP contribution in [0.4, 0.5) is 0 Å². The molecular formula is C14H20Cl2N2O. The second kappa shape index (κ2) is 6.91. The van der Waals surface area contributed by atoms with E-state index in [0.717, 1.165) is 31.5 Å². The zero-order chi connectivity index (χ0) is 13.8. The molecule has 0 aliphatic carbocycles. The minimum atomic E-state index is 0.0848. The molecule has 0 saturated carbocycles. The van der Waals surface area contributed by atoms with Gasteiger partial charge >= 0.3 is 0 Å². The Balaban J connectivity index is 2.28. The Kier molecular flexibility index (Phi) is 5.48. The van der Waals surface area contributed by atoms with Crippen LogP contribution in [-0.4, -0.2) is 37.7 Å². The quantitative estimate of drug-likeness (QED) is 0.929. The van der Waals surface area contributed by atoms with Crippen LogP contribution in [0.3, 0.4) is 0 Å². The van der Waals surface area contributed by atoms with Gasteiger partial charge in [-0.2, -0.15) is 0 Å². The van der Waals surface area contributed by atoms with Gasteiger partial charge in [-0.1, -0.05) is 35.3 Å². The fourth-order valence-electron chi connectivity index (χ4n) is 2.73. The molecule has 106 valence electrons. The topological polar surface area (TPSA) is 38.5 Å². The number of likely N-dealkylation sites (tertiary alicyclic amines) is 1. The fraction of sp³-hybridized carbons (Fsp3) is 0.571. The summed E-state index contributed by atoms with van der Waals surface area (Å²) in [7, 11) is 1.71. The molecule has 19 heavy (non-hydrogen) atoms. The lowest BCUT2D eigenvalue weighted by Crippen LogP contribution is -2.47. The second-order valence-corrected chi connectivity index (χ2v) is 5.71. The van der Waals surface area contributed by atoms with Crippen molar-refractivity contribution in [2.45, 2.75) is 24.9 Å². The van der Waals surface area contributed by atoms with Gasteiger partial charge in [-0.15, -0.1) is 0 Å². The first-order chi connectivity index (χ1) is 9.15. The van der Waals surface area contributed by atoms with Gasteiger partial charge in [0.1, 0.15) is 0 Å². The van der Waals surface area contributed by atoms with E-state index in [1.165, 1.54) is 0 Å². The van der Waals surface area contributed by atoms with E-state index in [0.29, 0.717) is 16.7 Å². The molecule has 2 atom stereocenters. The average molecular weight is 303 g/mol. The van der Waals surface area contributed by atoms with Gasteiger partial charge in [-0.05, 0) is 31.0 Å². The largest absolute Gasteiger partial charge is 0.383 e. The van der Waals surface area contributed by atoms with Gasteiger partial charge in [-0.3, -0.25) is 4.90 Å². The summed E-state index contributed by atoms with van der Waals surface area (Å²) in [5, 5.41) is 1.21. The van der Waals surface area contributed by atoms with Crippen LogP contribution in [0, 0.1) is 0 Å². The van der Waals surface area contributed by atoms with E-state index in [4.69, 9.17) is 33.7 Å². The first kappa shape index (κ1) is 15.1. The molecule has 2 rings (SSSR count). The normalized spacial score (nSPS) is 24.6. The van der Waals surface area contributed by atoms with E-state index in [9.17, 15) is 0 Å². The first-order valence-corrected chi connectivity index (χ1v) is 7.33. The van der Waals surface area contributed by atoms with Crippen molar-refractivity contribution in [3.8, 4) is 0 Å². The zero-order valence-electron chi connectivity index (χ0n) is 11.1. The average Bonchev–Trinajstić information content (AvgIpc) is 2.40. The number of hydrogen-bond donors (Lipinski definition) is 1. The van der Waals surface area contributed by atoms with Crippen molar-refractivity contribution in [1.82, 2.24) is 4.90 Å². The minimum absolute atomic E-state index is 0.0848. The molecule has 2 unspecified atom stereocenters. The third-order valence-corrected chi connectivity index (χ3v) is 4.50. The Labute approximate surface area is 124 Å². The molecule has 0 aromatic heterocycles. The van der Waals surface area contributed by atoms with Crippen LogP contribution in [-0.2, 0) is 4.74 Å². The Morgan fingerprint density at radius 2 is 2.21 bits per heavy atom. The number of ether oxygens (including phenoxy) is 1. The van der Waals surface area contributed by atoms with Crippen LogP contribution in [0.25, 0.3) is 0 Å². The molecule has 1 aromatic rings. The molecule has 0 bridgehead atoms. The molecule has 1 aliphatic heterocycles. The van der Waals surface area contributed by atoms with Crippen LogP contribution in [0.15, 0.2) is 18.2 Å².